The Bertz CT molecular complexity index is 657. The van der Waals surface area contributed by atoms with Gasteiger partial charge in [0.2, 0.25) is 5.91 Å². The maximum Gasteiger partial charge on any atom is 0.320 e. The lowest BCUT2D eigenvalue weighted by Gasteiger charge is -2.37. The van der Waals surface area contributed by atoms with Gasteiger partial charge in [-0.25, -0.2) is 4.79 Å². The van der Waals surface area contributed by atoms with E-state index in [4.69, 9.17) is 0 Å². The van der Waals surface area contributed by atoms with Crippen LogP contribution >= 0.6 is 0 Å². The molecule has 4 rings (SSSR count). The molecule has 0 bridgehead atoms. The van der Waals surface area contributed by atoms with Gasteiger partial charge in [0.15, 0.2) is 0 Å². The minimum Gasteiger partial charge on any atom is -0.339 e. The van der Waals surface area contributed by atoms with E-state index in [1.807, 2.05) is 15.9 Å². The quantitative estimate of drug-likeness (QED) is 0.821. The molecule has 0 unspecified atom stereocenters. The first-order valence-electron chi connectivity index (χ1n) is 10.6. The van der Waals surface area contributed by atoms with E-state index < -0.39 is 0 Å². The average Bonchev–Trinajstić information content (AvgIpc) is 3.40. The van der Waals surface area contributed by atoms with Gasteiger partial charge in [-0.3, -0.25) is 4.79 Å². The molecule has 0 aliphatic carbocycles. The molecule has 27 heavy (non-hydrogen) atoms. The smallest absolute Gasteiger partial charge is 0.320 e. The van der Waals surface area contributed by atoms with Crippen molar-refractivity contribution in [3.63, 3.8) is 0 Å². The van der Waals surface area contributed by atoms with Gasteiger partial charge >= 0.3 is 6.03 Å². The van der Waals surface area contributed by atoms with Crippen molar-refractivity contribution in [3.05, 3.63) is 35.9 Å². The lowest BCUT2D eigenvalue weighted by Crippen LogP contribution is -2.51. The molecule has 3 aliphatic rings. The van der Waals surface area contributed by atoms with Crippen molar-refractivity contribution in [3.8, 4) is 0 Å². The van der Waals surface area contributed by atoms with Gasteiger partial charge in [0, 0.05) is 38.8 Å². The van der Waals surface area contributed by atoms with Crippen molar-refractivity contribution in [1.82, 2.24) is 14.7 Å². The van der Waals surface area contributed by atoms with Crippen LogP contribution in [0.15, 0.2) is 30.3 Å². The van der Waals surface area contributed by atoms with E-state index >= 15 is 0 Å². The van der Waals surface area contributed by atoms with Crippen molar-refractivity contribution in [1.29, 1.82) is 0 Å². The van der Waals surface area contributed by atoms with Crippen LogP contribution in [0, 0.1) is 5.92 Å². The normalized spacial score (nSPS) is 25.9. The van der Waals surface area contributed by atoms with Crippen LogP contribution in [0.25, 0.3) is 0 Å². The molecule has 3 saturated heterocycles. The van der Waals surface area contributed by atoms with E-state index in [2.05, 4.69) is 29.2 Å². The molecule has 5 nitrogen and oxygen atoms in total. The SMILES string of the molecule is O=C(N1CCCC1)N1CCC[C@@H](C(=O)N2CCC[C@@H]2Cc2ccccc2)C1. The number of carbonyl (C=O) groups is 2. The largest absolute Gasteiger partial charge is 0.339 e. The summed E-state index contributed by atoms with van der Waals surface area (Å²) in [5.74, 6) is 0.244. The Morgan fingerprint density at radius 2 is 1.56 bits per heavy atom. The first kappa shape index (κ1) is 18.3. The lowest BCUT2D eigenvalue weighted by atomic mass is 9.95. The van der Waals surface area contributed by atoms with Gasteiger partial charge in [-0.1, -0.05) is 30.3 Å². The predicted molar refractivity (Wildman–Crippen MR) is 105 cm³/mol. The second-order valence-electron chi connectivity index (χ2n) is 8.28. The first-order chi connectivity index (χ1) is 13.2. The maximum absolute atomic E-state index is 13.3. The van der Waals surface area contributed by atoms with Crippen LogP contribution in [0.2, 0.25) is 0 Å². The highest BCUT2D eigenvalue weighted by molar-refractivity contribution is 5.81. The topological polar surface area (TPSA) is 43.9 Å². The van der Waals surface area contributed by atoms with E-state index in [0.717, 1.165) is 71.1 Å². The summed E-state index contributed by atoms with van der Waals surface area (Å²) in [4.78, 5) is 32.0. The third-order valence-corrected chi connectivity index (χ3v) is 6.39. The summed E-state index contributed by atoms with van der Waals surface area (Å²) in [5, 5.41) is 0. The molecule has 3 fully saturated rings. The molecule has 2 atom stereocenters. The summed E-state index contributed by atoms with van der Waals surface area (Å²) in [7, 11) is 0. The van der Waals surface area contributed by atoms with Gasteiger partial charge in [0.1, 0.15) is 0 Å². The van der Waals surface area contributed by atoms with Crippen LogP contribution in [-0.2, 0) is 11.2 Å². The van der Waals surface area contributed by atoms with Gasteiger partial charge in [0.25, 0.3) is 0 Å². The molecular weight excluding hydrogens is 338 g/mol. The van der Waals surface area contributed by atoms with Crippen LogP contribution in [-0.4, -0.2) is 65.4 Å². The predicted octanol–water partition coefficient (Wildman–Crippen LogP) is 3.15. The van der Waals surface area contributed by atoms with Gasteiger partial charge in [0.05, 0.1) is 5.92 Å². The fourth-order valence-electron chi connectivity index (χ4n) is 4.92. The number of benzene rings is 1. The van der Waals surface area contributed by atoms with E-state index in [0.29, 0.717) is 12.6 Å². The van der Waals surface area contributed by atoms with Crippen molar-refractivity contribution in [2.24, 2.45) is 5.92 Å². The number of amides is 3. The third-order valence-electron chi connectivity index (χ3n) is 6.39. The molecule has 3 aliphatic heterocycles. The number of nitrogens with zero attached hydrogens (tertiary/aromatic N) is 3. The van der Waals surface area contributed by atoms with Crippen LogP contribution in [0.5, 0.6) is 0 Å². The van der Waals surface area contributed by atoms with E-state index in [-0.39, 0.29) is 17.9 Å². The lowest BCUT2D eigenvalue weighted by molar-refractivity contribution is -0.137. The van der Waals surface area contributed by atoms with Crippen molar-refractivity contribution in [2.45, 2.75) is 51.0 Å². The summed E-state index contributed by atoms with van der Waals surface area (Å²) >= 11 is 0. The molecule has 0 saturated carbocycles. The standard InChI is InChI=1S/C22H31N3O2/c26-21(25-15-7-11-20(25)16-18-8-2-1-3-9-18)19-10-6-14-24(17-19)22(27)23-12-4-5-13-23/h1-3,8-9,19-20H,4-7,10-17H2/t19-,20-/m1/s1. The van der Waals surface area contributed by atoms with Crippen molar-refractivity contribution in [2.75, 3.05) is 32.7 Å². The highest BCUT2D eigenvalue weighted by Crippen LogP contribution is 2.27. The van der Waals surface area contributed by atoms with E-state index in [1.165, 1.54) is 5.56 Å². The Kier molecular flexibility index (Phi) is 5.65. The van der Waals surface area contributed by atoms with E-state index in [9.17, 15) is 9.59 Å². The Labute approximate surface area is 162 Å². The molecule has 1 aromatic rings. The maximum atomic E-state index is 13.3. The van der Waals surface area contributed by atoms with Crippen LogP contribution in [0.1, 0.15) is 44.1 Å². The van der Waals surface area contributed by atoms with Crippen LogP contribution in [0.3, 0.4) is 0 Å². The Balaban J connectivity index is 1.38. The molecule has 1 aromatic carbocycles. The first-order valence-corrected chi connectivity index (χ1v) is 10.6. The molecule has 0 radical (unpaired) electrons. The summed E-state index contributed by atoms with van der Waals surface area (Å²) in [6, 6.07) is 10.9. The number of urea groups is 1. The molecule has 5 heteroatoms. The summed E-state index contributed by atoms with van der Waals surface area (Å²) in [5.41, 5.74) is 1.30. The molecule has 3 amide bonds. The minimum atomic E-state index is -0.0262. The molecule has 146 valence electrons. The minimum absolute atomic E-state index is 0.0262. The highest BCUT2D eigenvalue weighted by Gasteiger charge is 2.37. The van der Waals surface area contributed by atoms with E-state index in [1.54, 1.807) is 0 Å². The van der Waals surface area contributed by atoms with Gasteiger partial charge in [-0.2, -0.15) is 0 Å². The Hall–Kier alpha value is -2.04. The fourth-order valence-corrected chi connectivity index (χ4v) is 4.92. The summed E-state index contributed by atoms with van der Waals surface area (Å²) < 4.78 is 0. The Morgan fingerprint density at radius 3 is 2.33 bits per heavy atom. The van der Waals surface area contributed by atoms with Crippen molar-refractivity contribution < 1.29 is 9.59 Å². The summed E-state index contributed by atoms with van der Waals surface area (Å²) in [6.45, 7) is 4.01. The monoisotopic (exact) mass is 369 g/mol. The molecule has 3 heterocycles. The second kappa shape index (κ2) is 8.32. The number of carbonyl (C=O) groups excluding carboxylic acids is 2. The molecular formula is C22H31N3O2. The van der Waals surface area contributed by atoms with Gasteiger partial charge in [-0.05, 0) is 50.5 Å². The van der Waals surface area contributed by atoms with Gasteiger partial charge < -0.3 is 14.7 Å². The zero-order chi connectivity index (χ0) is 18.6. The number of likely N-dealkylation sites (tertiary alicyclic amines) is 3. The number of rotatable bonds is 3. The van der Waals surface area contributed by atoms with Crippen molar-refractivity contribution >= 4 is 11.9 Å². The third kappa shape index (κ3) is 4.12. The van der Waals surface area contributed by atoms with Gasteiger partial charge in [-0.15, -0.1) is 0 Å². The Morgan fingerprint density at radius 1 is 0.852 bits per heavy atom. The average molecular weight is 370 g/mol. The zero-order valence-corrected chi connectivity index (χ0v) is 16.2. The number of piperidine rings is 1. The number of hydrogen-bond acceptors (Lipinski definition) is 2. The van der Waals surface area contributed by atoms with Crippen LogP contribution in [0.4, 0.5) is 4.79 Å². The molecule has 0 aromatic heterocycles. The van der Waals surface area contributed by atoms with Crippen LogP contribution < -0.4 is 0 Å². The highest BCUT2D eigenvalue weighted by atomic mass is 16.2. The fraction of sp³-hybridized carbons (Fsp3) is 0.636. The summed E-state index contributed by atoms with van der Waals surface area (Å²) in [6.07, 6.45) is 7.18. The molecule has 0 N–H and O–H groups in total. The second-order valence-corrected chi connectivity index (χ2v) is 8.28. The number of hydrogen-bond donors (Lipinski definition) is 0. The zero-order valence-electron chi connectivity index (χ0n) is 16.2. The molecule has 0 spiro atoms.